The van der Waals surface area contributed by atoms with E-state index in [2.05, 4.69) is 6.58 Å². The van der Waals surface area contributed by atoms with E-state index < -0.39 is 6.69 Å². The van der Waals surface area contributed by atoms with Gasteiger partial charge in [-0.2, -0.15) is 0 Å². The lowest BCUT2D eigenvalue weighted by molar-refractivity contribution is 1.24. The normalized spacial score (nSPS) is 20.1. The maximum atomic E-state index is 6.59. The first-order valence-electron chi connectivity index (χ1n) is 5.09. The summed E-state index contributed by atoms with van der Waals surface area (Å²) in [6.45, 7) is 1.48. The van der Waals surface area contributed by atoms with Gasteiger partial charge in [-0.1, -0.05) is 61.2 Å². The van der Waals surface area contributed by atoms with Crippen molar-refractivity contribution in [3.05, 3.63) is 66.8 Å². The van der Waals surface area contributed by atoms with Crippen LogP contribution in [0.15, 0.2) is 66.8 Å². The third kappa shape index (κ3) is 2.17. The van der Waals surface area contributed by atoms with E-state index in [1.165, 1.54) is 0 Å². The van der Waals surface area contributed by atoms with Gasteiger partial charge in [0.15, 0.2) is 0 Å². The number of hydrogen-bond donors (Lipinski definition) is 0. The standard InChI is InChI=1S/C13H12Cl2Si/c1-11-7-5-6-10-13(11)16(14,15)12-8-3-2-4-9-12/h2-10,13H,1H2. The van der Waals surface area contributed by atoms with Crippen molar-refractivity contribution in [2.24, 2.45) is 0 Å². The molecular formula is C13H12Cl2Si. The summed E-state index contributed by atoms with van der Waals surface area (Å²) in [7, 11) is 0. The molecule has 0 saturated heterocycles. The minimum atomic E-state index is -2.53. The summed E-state index contributed by atoms with van der Waals surface area (Å²) < 4.78 is 0. The van der Waals surface area contributed by atoms with Gasteiger partial charge in [0.25, 0.3) is 6.69 Å². The smallest absolute Gasteiger partial charge is 0.139 e. The van der Waals surface area contributed by atoms with Gasteiger partial charge in [-0.25, -0.2) is 0 Å². The van der Waals surface area contributed by atoms with E-state index in [9.17, 15) is 0 Å². The van der Waals surface area contributed by atoms with Crippen LogP contribution in [0, 0.1) is 0 Å². The van der Waals surface area contributed by atoms with Crippen LogP contribution >= 0.6 is 22.2 Å². The van der Waals surface area contributed by atoms with Gasteiger partial charge in [0.2, 0.25) is 0 Å². The van der Waals surface area contributed by atoms with Crippen molar-refractivity contribution in [3.63, 3.8) is 0 Å². The van der Waals surface area contributed by atoms with E-state index in [0.717, 1.165) is 10.8 Å². The lowest BCUT2D eigenvalue weighted by Gasteiger charge is -2.27. The molecule has 1 unspecified atom stereocenters. The highest BCUT2D eigenvalue weighted by Crippen LogP contribution is 2.38. The molecule has 1 atom stereocenters. The summed E-state index contributed by atoms with van der Waals surface area (Å²) in [4.78, 5) is 0. The molecule has 1 aromatic carbocycles. The molecule has 1 aliphatic rings. The lowest BCUT2D eigenvalue weighted by Crippen LogP contribution is -2.41. The maximum absolute atomic E-state index is 6.59. The Balaban J connectivity index is 2.36. The second-order valence-corrected chi connectivity index (χ2v) is 10.4. The third-order valence-corrected chi connectivity index (χ3v) is 7.84. The molecule has 0 nitrogen and oxygen atoms in total. The second kappa shape index (κ2) is 4.62. The molecule has 16 heavy (non-hydrogen) atoms. The number of benzene rings is 1. The van der Waals surface area contributed by atoms with Gasteiger partial charge in [0.05, 0.1) is 0 Å². The fourth-order valence-electron chi connectivity index (χ4n) is 1.78. The van der Waals surface area contributed by atoms with E-state index in [0.29, 0.717) is 0 Å². The number of allylic oxidation sites excluding steroid dienone is 5. The van der Waals surface area contributed by atoms with Crippen molar-refractivity contribution >= 4 is 34.0 Å². The Kier molecular flexibility index (Phi) is 3.38. The monoisotopic (exact) mass is 266 g/mol. The van der Waals surface area contributed by atoms with Gasteiger partial charge >= 0.3 is 0 Å². The van der Waals surface area contributed by atoms with Crippen molar-refractivity contribution < 1.29 is 0 Å². The van der Waals surface area contributed by atoms with Gasteiger partial charge in [0.1, 0.15) is 0 Å². The molecule has 0 heterocycles. The highest BCUT2D eigenvalue weighted by molar-refractivity contribution is 7.51. The summed E-state index contributed by atoms with van der Waals surface area (Å²) >= 11 is 13.2. The van der Waals surface area contributed by atoms with Crippen molar-refractivity contribution in [2.75, 3.05) is 0 Å². The zero-order valence-electron chi connectivity index (χ0n) is 8.74. The minimum Gasteiger partial charge on any atom is -0.139 e. The van der Waals surface area contributed by atoms with Gasteiger partial charge in [-0.05, 0) is 10.8 Å². The molecule has 0 aliphatic heterocycles. The van der Waals surface area contributed by atoms with Gasteiger partial charge in [0, 0.05) is 5.54 Å². The van der Waals surface area contributed by atoms with Crippen LogP contribution in [0.25, 0.3) is 0 Å². The Bertz CT molecular complexity index is 446. The van der Waals surface area contributed by atoms with Gasteiger partial charge in [-0.15, -0.1) is 22.2 Å². The largest absolute Gasteiger partial charge is 0.291 e. The molecule has 0 fully saturated rings. The molecule has 3 heteroatoms. The second-order valence-electron chi connectivity index (χ2n) is 3.79. The van der Waals surface area contributed by atoms with Crippen molar-refractivity contribution in [2.45, 2.75) is 5.54 Å². The first kappa shape index (κ1) is 11.7. The number of rotatable bonds is 2. The van der Waals surface area contributed by atoms with Gasteiger partial charge in [-0.3, -0.25) is 0 Å². The van der Waals surface area contributed by atoms with Crippen LogP contribution in [0.5, 0.6) is 0 Å². The molecule has 0 N–H and O–H groups in total. The SMILES string of the molecule is C=C1C=CC=CC1[Si](Cl)(Cl)c1ccccc1. The molecular weight excluding hydrogens is 255 g/mol. The van der Waals surface area contributed by atoms with E-state index in [4.69, 9.17) is 22.2 Å². The molecule has 1 aliphatic carbocycles. The van der Waals surface area contributed by atoms with Crippen LogP contribution in [0.4, 0.5) is 0 Å². The molecule has 2 rings (SSSR count). The Morgan fingerprint density at radius 3 is 2.38 bits per heavy atom. The fourth-order valence-corrected chi connectivity index (χ4v) is 5.72. The first-order valence-corrected chi connectivity index (χ1v) is 9.19. The van der Waals surface area contributed by atoms with Crippen LogP contribution in [-0.4, -0.2) is 6.69 Å². The van der Waals surface area contributed by atoms with E-state index >= 15 is 0 Å². The Morgan fingerprint density at radius 1 is 1.06 bits per heavy atom. The van der Waals surface area contributed by atoms with Crippen LogP contribution in [0.3, 0.4) is 0 Å². The Labute approximate surface area is 106 Å². The van der Waals surface area contributed by atoms with E-state index in [-0.39, 0.29) is 5.54 Å². The molecule has 0 saturated carbocycles. The van der Waals surface area contributed by atoms with Crippen molar-refractivity contribution in [3.8, 4) is 0 Å². The highest BCUT2D eigenvalue weighted by atomic mass is 35.7. The van der Waals surface area contributed by atoms with Crippen LogP contribution in [-0.2, 0) is 0 Å². The molecule has 0 bridgehead atoms. The summed E-state index contributed by atoms with van der Waals surface area (Å²) in [5.41, 5.74) is 1.05. The quantitative estimate of drug-likeness (QED) is 0.563. The number of hydrogen-bond acceptors (Lipinski definition) is 0. The van der Waals surface area contributed by atoms with Gasteiger partial charge < -0.3 is 0 Å². The average molecular weight is 267 g/mol. The molecule has 1 aromatic rings. The highest BCUT2D eigenvalue weighted by Gasteiger charge is 2.40. The summed E-state index contributed by atoms with van der Waals surface area (Å²) in [5, 5.41) is 1.03. The summed E-state index contributed by atoms with van der Waals surface area (Å²) in [6.07, 6.45) is 7.96. The maximum Gasteiger partial charge on any atom is 0.291 e. The van der Waals surface area contributed by atoms with Crippen LogP contribution < -0.4 is 5.19 Å². The van der Waals surface area contributed by atoms with Crippen LogP contribution in [0.1, 0.15) is 0 Å². The minimum absolute atomic E-state index is 0.0585. The lowest BCUT2D eigenvalue weighted by atomic mass is 10.1. The molecule has 0 radical (unpaired) electrons. The summed E-state index contributed by atoms with van der Waals surface area (Å²) in [5.74, 6) is 0. The predicted octanol–water partition coefficient (Wildman–Crippen LogP) is 3.87. The zero-order valence-corrected chi connectivity index (χ0v) is 11.2. The third-order valence-electron chi connectivity index (χ3n) is 2.67. The van der Waals surface area contributed by atoms with E-state index in [1.54, 1.807) is 0 Å². The first-order chi connectivity index (χ1) is 7.62. The predicted molar refractivity (Wildman–Crippen MR) is 74.7 cm³/mol. The van der Waals surface area contributed by atoms with Crippen molar-refractivity contribution in [1.29, 1.82) is 0 Å². The molecule has 0 spiro atoms. The topological polar surface area (TPSA) is 0 Å². The Morgan fingerprint density at radius 2 is 1.75 bits per heavy atom. The van der Waals surface area contributed by atoms with Crippen LogP contribution in [0.2, 0.25) is 5.54 Å². The Hall–Kier alpha value is -0.763. The number of halogens is 2. The molecule has 82 valence electrons. The fraction of sp³-hybridized carbons (Fsp3) is 0.0769. The van der Waals surface area contributed by atoms with E-state index in [1.807, 2.05) is 54.6 Å². The van der Waals surface area contributed by atoms with Crippen molar-refractivity contribution in [1.82, 2.24) is 0 Å². The summed E-state index contributed by atoms with van der Waals surface area (Å²) in [6, 6.07) is 9.88. The molecule has 0 aromatic heterocycles. The average Bonchev–Trinajstić information content (AvgIpc) is 2.30. The zero-order chi connectivity index (χ0) is 11.6. The molecule has 0 amide bonds.